The summed E-state index contributed by atoms with van der Waals surface area (Å²) in [6.07, 6.45) is 3.17. The van der Waals surface area contributed by atoms with Gasteiger partial charge in [0.1, 0.15) is 18.1 Å². The third-order valence-corrected chi connectivity index (χ3v) is 6.31. The summed E-state index contributed by atoms with van der Waals surface area (Å²) in [7, 11) is 1.60. The number of methoxy groups -OCH3 is 1. The van der Waals surface area contributed by atoms with E-state index in [0.717, 1.165) is 44.5 Å². The van der Waals surface area contributed by atoms with Crippen LogP contribution in [0.4, 0.5) is 0 Å². The number of nitrogens with one attached hydrogen (secondary N) is 1. The molecule has 1 N–H and O–H groups in total. The number of nitrogens with zero attached hydrogens (tertiary/aromatic N) is 1. The SMILES string of the molecule is COc1ccc(OCc2ccccc2)c(C(=O)NCCC2CCN(CC3OCCO3)CC2)c1. The van der Waals surface area contributed by atoms with Crippen LogP contribution in [0.15, 0.2) is 48.5 Å². The van der Waals surface area contributed by atoms with Crippen LogP contribution in [0.5, 0.6) is 11.5 Å². The molecule has 178 valence electrons. The van der Waals surface area contributed by atoms with Gasteiger partial charge < -0.3 is 24.3 Å². The van der Waals surface area contributed by atoms with Crippen LogP contribution in [0.1, 0.15) is 35.2 Å². The maximum Gasteiger partial charge on any atom is 0.255 e. The largest absolute Gasteiger partial charge is 0.497 e. The molecule has 2 heterocycles. The maximum atomic E-state index is 12.9. The van der Waals surface area contributed by atoms with Crippen molar-refractivity contribution in [2.75, 3.05) is 46.5 Å². The van der Waals surface area contributed by atoms with Crippen molar-refractivity contribution in [3.05, 3.63) is 59.7 Å². The quantitative estimate of drug-likeness (QED) is 0.593. The smallest absolute Gasteiger partial charge is 0.255 e. The highest BCUT2D eigenvalue weighted by Crippen LogP contribution is 2.26. The molecular weight excluding hydrogens is 420 g/mol. The summed E-state index contributed by atoms with van der Waals surface area (Å²) in [5.41, 5.74) is 1.55. The molecule has 33 heavy (non-hydrogen) atoms. The van der Waals surface area contributed by atoms with Gasteiger partial charge in [-0.15, -0.1) is 0 Å². The van der Waals surface area contributed by atoms with Crippen molar-refractivity contribution in [1.82, 2.24) is 10.2 Å². The van der Waals surface area contributed by atoms with Crippen LogP contribution < -0.4 is 14.8 Å². The molecular formula is C26H34N2O5. The highest BCUT2D eigenvalue weighted by Gasteiger charge is 2.24. The third kappa shape index (κ3) is 6.93. The fraction of sp³-hybridized carbons (Fsp3) is 0.500. The molecule has 0 atom stereocenters. The van der Waals surface area contributed by atoms with Crippen molar-refractivity contribution in [2.45, 2.75) is 32.2 Å². The predicted molar refractivity (Wildman–Crippen MR) is 126 cm³/mol. The number of carbonyl (C=O) groups excluding carboxylic acids is 1. The Bertz CT molecular complexity index is 878. The van der Waals surface area contributed by atoms with Gasteiger partial charge in [0.15, 0.2) is 6.29 Å². The van der Waals surface area contributed by atoms with Gasteiger partial charge in [-0.1, -0.05) is 30.3 Å². The summed E-state index contributed by atoms with van der Waals surface area (Å²) in [6.45, 7) is 5.41. The first-order valence-corrected chi connectivity index (χ1v) is 11.8. The average Bonchev–Trinajstić information content (AvgIpc) is 3.37. The number of rotatable bonds is 10. The van der Waals surface area contributed by atoms with Crippen molar-refractivity contribution in [1.29, 1.82) is 0 Å². The number of amides is 1. The van der Waals surface area contributed by atoms with Gasteiger partial charge in [0.05, 0.1) is 25.9 Å². The van der Waals surface area contributed by atoms with Crippen LogP contribution in [0.2, 0.25) is 0 Å². The Morgan fingerprint density at radius 2 is 1.85 bits per heavy atom. The monoisotopic (exact) mass is 454 g/mol. The molecule has 0 unspecified atom stereocenters. The first-order valence-electron chi connectivity index (χ1n) is 11.8. The summed E-state index contributed by atoms with van der Waals surface area (Å²) >= 11 is 0. The summed E-state index contributed by atoms with van der Waals surface area (Å²) < 4.78 is 22.4. The van der Waals surface area contributed by atoms with Crippen LogP contribution in [-0.4, -0.2) is 63.6 Å². The van der Waals surface area contributed by atoms with Crippen LogP contribution in [0, 0.1) is 5.92 Å². The van der Waals surface area contributed by atoms with Gasteiger partial charge in [-0.25, -0.2) is 0 Å². The van der Waals surface area contributed by atoms with Gasteiger partial charge in [-0.05, 0) is 62.0 Å². The van der Waals surface area contributed by atoms with E-state index < -0.39 is 0 Å². The molecule has 0 aliphatic carbocycles. The van der Waals surface area contributed by atoms with E-state index in [1.807, 2.05) is 36.4 Å². The molecule has 1 amide bonds. The number of ether oxygens (including phenoxy) is 4. The van der Waals surface area contributed by atoms with E-state index in [9.17, 15) is 4.79 Å². The first-order chi connectivity index (χ1) is 16.2. The van der Waals surface area contributed by atoms with E-state index in [2.05, 4.69) is 10.2 Å². The second kappa shape index (κ2) is 12.0. The Balaban J connectivity index is 1.24. The maximum absolute atomic E-state index is 12.9. The number of piperidine rings is 1. The molecule has 7 heteroatoms. The zero-order chi connectivity index (χ0) is 22.9. The third-order valence-electron chi connectivity index (χ3n) is 6.31. The van der Waals surface area contributed by atoms with Gasteiger partial charge in [0.25, 0.3) is 5.91 Å². The molecule has 0 aromatic heterocycles. The van der Waals surface area contributed by atoms with Crippen LogP contribution in [-0.2, 0) is 16.1 Å². The minimum absolute atomic E-state index is 0.0676. The Morgan fingerprint density at radius 1 is 1.09 bits per heavy atom. The zero-order valence-corrected chi connectivity index (χ0v) is 19.3. The molecule has 7 nitrogen and oxygen atoms in total. The van der Waals surface area contributed by atoms with E-state index >= 15 is 0 Å². The summed E-state index contributed by atoms with van der Waals surface area (Å²) in [4.78, 5) is 15.4. The molecule has 2 saturated heterocycles. The van der Waals surface area contributed by atoms with E-state index in [1.165, 1.54) is 0 Å². The van der Waals surface area contributed by atoms with Crippen molar-refractivity contribution in [2.24, 2.45) is 5.92 Å². The molecule has 0 bridgehead atoms. The number of carbonyl (C=O) groups is 1. The van der Waals surface area contributed by atoms with Crippen LogP contribution >= 0.6 is 0 Å². The average molecular weight is 455 g/mol. The highest BCUT2D eigenvalue weighted by atomic mass is 16.7. The first kappa shape index (κ1) is 23.5. The molecule has 2 aliphatic rings. The second-order valence-electron chi connectivity index (χ2n) is 8.60. The lowest BCUT2D eigenvalue weighted by Gasteiger charge is -2.32. The molecule has 0 radical (unpaired) electrons. The number of benzene rings is 2. The highest BCUT2D eigenvalue weighted by molar-refractivity contribution is 5.97. The Morgan fingerprint density at radius 3 is 2.58 bits per heavy atom. The molecule has 0 saturated carbocycles. The topological polar surface area (TPSA) is 69.3 Å². The molecule has 0 spiro atoms. The molecule has 2 aliphatic heterocycles. The van der Waals surface area contributed by atoms with E-state index in [1.54, 1.807) is 19.2 Å². The Kier molecular flexibility index (Phi) is 8.58. The van der Waals surface area contributed by atoms with Crippen molar-refractivity contribution in [3.63, 3.8) is 0 Å². The fourth-order valence-electron chi connectivity index (χ4n) is 4.34. The number of likely N-dealkylation sites (tertiary alicyclic amines) is 1. The summed E-state index contributed by atoms with van der Waals surface area (Å²) in [5.74, 6) is 1.67. The van der Waals surface area contributed by atoms with Gasteiger partial charge in [0, 0.05) is 13.1 Å². The molecule has 4 rings (SSSR count). The zero-order valence-electron chi connectivity index (χ0n) is 19.3. The van der Waals surface area contributed by atoms with Crippen LogP contribution in [0.3, 0.4) is 0 Å². The van der Waals surface area contributed by atoms with E-state index in [4.69, 9.17) is 18.9 Å². The summed E-state index contributed by atoms with van der Waals surface area (Å²) in [5, 5.41) is 3.08. The lowest BCUT2D eigenvalue weighted by molar-refractivity contribution is -0.0661. The minimum atomic E-state index is -0.134. The van der Waals surface area contributed by atoms with Crippen molar-refractivity contribution >= 4 is 5.91 Å². The van der Waals surface area contributed by atoms with Gasteiger partial charge in [-0.2, -0.15) is 0 Å². The fourth-order valence-corrected chi connectivity index (χ4v) is 4.34. The van der Waals surface area contributed by atoms with Gasteiger partial charge in [0.2, 0.25) is 0 Å². The Labute approximate surface area is 196 Å². The number of hydrogen-bond donors (Lipinski definition) is 1. The summed E-state index contributed by atoms with van der Waals surface area (Å²) in [6, 6.07) is 15.3. The minimum Gasteiger partial charge on any atom is -0.497 e. The second-order valence-corrected chi connectivity index (χ2v) is 8.60. The van der Waals surface area contributed by atoms with Crippen molar-refractivity contribution in [3.8, 4) is 11.5 Å². The lowest BCUT2D eigenvalue weighted by Crippen LogP contribution is -2.39. The normalized spacial score (nSPS) is 17.7. The van der Waals surface area contributed by atoms with Gasteiger partial charge >= 0.3 is 0 Å². The predicted octanol–water partition coefficient (Wildman–Crippen LogP) is 3.48. The lowest BCUT2D eigenvalue weighted by atomic mass is 9.93. The van der Waals surface area contributed by atoms with Gasteiger partial charge in [-0.3, -0.25) is 9.69 Å². The van der Waals surface area contributed by atoms with Crippen molar-refractivity contribution < 1.29 is 23.7 Å². The van der Waals surface area contributed by atoms with E-state index in [-0.39, 0.29) is 12.2 Å². The molecule has 2 fully saturated rings. The van der Waals surface area contributed by atoms with Crippen LogP contribution in [0.25, 0.3) is 0 Å². The standard InChI is InChI=1S/C26H34N2O5/c1-30-22-7-8-24(33-19-21-5-3-2-4-6-21)23(17-22)26(29)27-12-9-20-10-13-28(14-11-20)18-25-31-15-16-32-25/h2-8,17,20,25H,9-16,18-19H2,1H3,(H,27,29). The number of hydrogen-bond acceptors (Lipinski definition) is 6. The molecule has 2 aromatic rings. The Hall–Kier alpha value is -2.61. The van der Waals surface area contributed by atoms with E-state index in [0.29, 0.717) is 49.3 Å². The molecule has 2 aromatic carbocycles.